The van der Waals surface area contributed by atoms with Crippen LogP contribution in [0.4, 0.5) is 0 Å². The third-order valence-electron chi connectivity index (χ3n) is 3.32. The molecule has 0 unspecified atom stereocenters. The molecule has 114 valence electrons. The number of ether oxygens (including phenoxy) is 1. The fourth-order valence-corrected chi connectivity index (χ4v) is 2.12. The molecule has 2 rings (SSSR count). The summed E-state index contributed by atoms with van der Waals surface area (Å²) in [5, 5.41) is 48.0. The van der Waals surface area contributed by atoms with Gasteiger partial charge in [0.2, 0.25) is 5.60 Å². The van der Waals surface area contributed by atoms with Gasteiger partial charge in [0, 0.05) is 12.3 Å². The van der Waals surface area contributed by atoms with Crippen LogP contribution in [0.3, 0.4) is 0 Å². The van der Waals surface area contributed by atoms with Crippen molar-refractivity contribution in [3.05, 3.63) is 33.1 Å². The average molecular weight is 299 g/mol. The van der Waals surface area contributed by atoms with Crippen molar-refractivity contribution < 1.29 is 25.2 Å². The Labute approximate surface area is 117 Å². The Hall–Kier alpha value is -2.03. The van der Waals surface area contributed by atoms with E-state index in [0.717, 1.165) is 16.8 Å². The van der Waals surface area contributed by atoms with Crippen LogP contribution in [0.25, 0.3) is 0 Å². The molecule has 0 saturated carbocycles. The Kier molecular flexibility index (Phi) is 3.95. The van der Waals surface area contributed by atoms with Crippen LogP contribution in [0, 0.1) is 11.3 Å². The summed E-state index contributed by atoms with van der Waals surface area (Å²) in [6, 6.07) is 2.33. The Morgan fingerprint density at radius 3 is 2.62 bits per heavy atom. The van der Waals surface area contributed by atoms with E-state index >= 15 is 0 Å². The molecule has 1 fully saturated rings. The summed E-state index contributed by atoms with van der Waals surface area (Å²) in [5.41, 5.74) is -4.28. The van der Waals surface area contributed by atoms with Crippen molar-refractivity contribution in [3.8, 4) is 6.07 Å². The Balaban J connectivity index is 2.51. The fourth-order valence-electron chi connectivity index (χ4n) is 2.12. The van der Waals surface area contributed by atoms with Gasteiger partial charge in [-0.2, -0.15) is 5.26 Å². The number of nitrogens with zero attached hydrogens (tertiary/aromatic N) is 2. The maximum absolute atomic E-state index is 11.7. The molecule has 0 bridgehead atoms. The number of nitrogens with one attached hydrogen (secondary N) is 1. The fraction of sp³-hybridized carbons (Fsp3) is 0.545. The summed E-state index contributed by atoms with van der Waals surface area (Å²) in [6.45, 7) is -0.757. The predicted molar refractivity (Wildman–Crippen MR) is 64.9 cm³/mol. The summed E-state index contributed by atoms with van der Waals surface area (Å²) in [7, 11) is 0. The Morgan fingerprint density at radius 2 is 2.10 bits per heavy atom. The van der Waals surface area contributed by atoms with Crippen LogP contribution >= 0.6 is 0 Å². The zero-order chi connectivity index (χ0) is 15.8. The smallest absolute Gasteiger partial charge is 0.330 e. The van der Waals surface area contributed by atoms with E-state index in [4.69, 9.17) is 15.1 Å². The molecule has 0 aliphatic carbocycles. The van der Waals surface area contributed by atoms with Crippen LogP contribution in [0.5, 0.6) is 0 Å². The first-order valence-electron chi connectivity index (χ1n) is 5.92. The maximum atomic E-state index is 11.7. The lowest BCUT2D eigenvalue weighted by Gasteiger charge is -2.44. The van der Waals surface area contributed by atoms with Gasteiger partial charge in [-0.15, -0.1) is 0 Å². The van der Waals surface area contributed by atoms with Crippen molar-refractivity contribution in [2.45, 2.75) is 30.1 Å². The van der Waals surface area contributed by atoms with Gasteiger partial charge in [-0.3, -0.25) is 14.3 Å². The number of aliphatic hydroxyl groups excluding tert-OH is 3. The van der Waals surface area contributed by atoms with Gasteiger partial charge in [0.25, 0.3) is 5.56 Å². The van der Waals surface area contributed by atoms with Crippen molar-refractivity contribution in [2.24, 2.45) is 0 Å². The molecule has 1 saturated heterocycles. The first-order valence-corrected chi connectivity index (χ1v) is 5.92. The van der Waals surface area contributed by atoms with Gasteiger partial charge >= 0.3 is 5.69 Å². The number of hydrogen-bond donors (Lipinski definition) is 5. The summed E-state index contributed by atoms with van der Waals surface area (Å²) in [4.78, 5) is 24.6. The summed E-state index contributed by atoms with van der Waals surface area (Å²) >= 11 is 0. The molecule has 2 heterocycles. The van der Waals surface area contributed by atoms with Crippen LogP contribution in [-0.4, -0.2) is 60.5 Å². The summed E-state index contributed by atoms with van der Waals surface area (Å²) in [5.74, 6) is 0. The topological polar surface area (TPSA) is 169 Å². The van der Waals surface area contributed by atoms with E-state index in [-0.39, 0.29) is 0 Å². The zero-order valence-electron chi connectivity index (χ0n) is 10.6. The van der Waals surface area contributed by atoms with E-state index in [1.165, 1.54) is 6.07 Å². The lowest BCUT2D eigenvalue weighted by molar-refractivity contribution is -0.276. The van der Waals surface area contributed by atoms with Crippen molar-refractivity contribution in [3.63, 3.8) is 0 Å². The lowest BCUT2D eigenvalue weighted by atomic mass is 9.84. The number of rotatable bonds is 2. The summed E-state index contributed by atoms with van der Waals surface area (Å²) < 4.78 is 5.88. The molecule has 5 N–H and O–H groups in total. The molecule has 1 aromatic rings. The highest BCUT2D eigenvalue weighted by atomic mass is 16.6. The normalized spacial score (nSPS) is 36.1. The molecule has 1 aromatic heterocycles. The standard InChI is InChI=1S/C11H13N3O7/c12-4-11(20)7(17)5(3-15)21-9(8(11)18)14-2-1-6(16)13-10(14)19/h1-2,5,7-9,15,17-18,20H,3H2,(H,13,16,19)/t5-,7-,8+,9-,11+/m1/s1. The minimum atomic E-state index is -2.65. The van der Waals surface area contributed by atoms with E-state index in [9.17, 15) is 24.9 Å². The SMILES string of the molecule is N#C[C@]1(O)[C@H](O)[C@@H](CO)O[C@@H](n2ccc(=O)[nH]c2=O)[C@@H]1O. The van der Waals surface area contributed by atoms with Crippen LogP contribution in [-0.2, 0) is 4.74 Å². The van der Waals surface area contributed by atoms with Crippen molar-refractivity contribution in [1.82, 2.24) is 9.55 Å². The number of H-pyrrole nitrogens is 1. The minimum Gasteiger partial charge on any atom is -0.394 e. The van der Waals surface area contributed by atoms with E-state index in [2.05, 4.69) is 0 Å². The van der Waals surface area contributed by atoms with Gasteiger partial charge in [0.05, 0.1) is 6.61 Å². The lowest BCUT2D eigenvalue weighted by Crippen LogP contribution is -2.65. The second kappa shape index (κ2) is 5.40. The third-order valence-corrected chi connectivity index (χ3v) is 3.32. The van der Waals surface area contributed by atoms with Crippen molar-refractivity contribution in [1.29, 1.82) is 5.26 Å². The van der Waals surface area contributed by atoms with Gasteiger partial charge in [-0.25, -0.2) is 4.79 Å². The maximum Gasteiger partial charge on any atom is 0.330 e. The van der Waals surface area contributed by atoms with Crippen LogP contribution in [0.15, 0.2) is 21.9 Å². The molecule has 1 aliphatic heterocycles. The molecule has 10 heteroatoms. The average Bonchev–Trinajstić information content (AvgIpc) is 2.46. The molecular formula is C11H13N3O7. The number of aromatic nitrogens is 2. The van der Waals surface area contributed by atoms with E-state index in [0.29, 0.717) is 0 Å². The second-order valence-electron chi connectivity index (χ2n) is 4.59. The summed E-state index contributed by atoms with van der Waals surface area (Å²) in [6.07, 6.45) is -5.83. The van der Waals surface area contributed by atoms with E-state index in [1.54, 1.807) is 0 Å². The quantitative estimate of drug-likeness (QED) is 0.349. The molecule has 0 spiro atoms. The van der Waals surface area contributed by atoms with Crippen LogP contribution in [0.1, 0.15) is 6.23 Å². The van der Waals surface area contributed by atoms with Gasteiger partial charge < -0.3 is 25.2 Å². The van der Waals surface area contributed by atoms with Gasteiger partial charge in [-0.05, 0) is 0 Å². The highest BCUT2D eigenvalue weighted by molar-refractivity contribution is 5.15. The number of aromatic amines is 1. The van der Waals surface area contributed by atoms with Crippen molar-refractivity contribution >= 4 is 0 Å². The van der Waals surface area contributed by atoms with E-state index < -0.39 is 48.0 Å². The van der Waals surface area contributed by atoms with Crippen molar-refractivity contribution in [2.75, 3.05) is 6.61 Å². The zero-order valence-corrected chi connectivity index (χ0v) is 10.6. The number of nitriles is 1. The Bertz CT molecular complexity index is 677. The van der Waals surface area contributed by atoms with Gasteiger partial charge in [-0.1, -0.05) is 0 Å². The first-order chi connectivity index (χ1) is 9.85. The molecule has 0 amide bonds. The largest absolute Gasteiger partial charge is 0.394 e. The molecule has 10 nitrogen and oxygen atoms in total. The van der Waals surface area contributed by atoms with Crippen LogP contribution in [0.2, 0.25) is 0 Å². The van der Waals surface area contributed by atoms with Gasteiger partial charge in [0.15, 0.2) is 6.23 Å². The van der Waals surface area contributed by atoms with Gasteiger partial charge in [0.1, 0.15) is 24.4 Å². The van der Waals surface area contributed by atoms with Crippen LogP contribution < -0.4 is 11.2 Å². The molecule has 0 aromatic carbocycles. The first kappa shape index (κ1) is 15.4. The number of hydrogen-bond acceptors (Lipinski definition) is 8. The monoisotopic (exact) mass is 299 g/mol. The molecule has 5 atom stereocenters. The Morgan fingerprint density at radius 1 is 1.43 bits per heavy atom. The molecule has 0 radical (unpaired) electrons. The molecular weight excluding hydrogens is 286 g/mol. The predicted octanol–water partition coefficient (Wildman–Crippen LogP) is -3.60. The molecule has 21 heavy (non-hydrogen) atoms. The molecule has 1 aliphatic rings. The highest BCUT2D eigenvalue weighted by Crippen LogP contribution is 2.34. The number of aliphatic hydroxyl groups is 4. The van der Waals surface area contributed by atoms with E-state index in [1.807, 2.05) is 4.98 Å². The highest BCUT2D eigenvalue weighted by Gasteiger charge is 2.56. The second-order valence-corrected chi connectivity index (χ2v) is 4.59. The third kappa shape index (κ3) is 2.37. The minimum absolute atomic E-state index is 0.684.